The maximum Gasteiger partial charge on any atom is 0.241 e. The Kier molecular flexibility index (Phi) is 6.17. The van der Waals surface area contributed by atoms with Gasteiger partial charge in [-0.25, -0.2) is 8.42 Å². The van der Waals surface area contributed by atoms with Crippen molar-refractivity contribution < 1.29 is 27.4 Å². The van der Waals surface area contributed by atoms with Crippen molar-refractivity contribution in [1.82, 2.24) is 5.32 Å². The quantitative estimate of drug-likeness (QED) is 0.705. The summed E-state index contributed by atoms with van der Waals surface area (Å²) in [6, 6.07) is 11.8. The van der Waals surface area contributed by atoms with Crippen LogP contribution in [0.2, 0.25) is 0 Å². The van der Waals surface area contributed by atoms with Crippen LogP contribution in [0, 0.1) is 0 Å². The summed E-state index contributed by atoms with van der Waals surface area (Å²) in [5.41, 5.74) is 1.23. The smallest absolute Gasteiger partial charge is 0.241 e. The molecule has 1 heterocycles. The standard InChI is InChI=1S/C20H24N2O6S/c1-4-29(24,25)22(16-7-10-18-19(11-16)28-13-27-18)12-20(23)21-14(2)15-5-8-17(26-3)9-6-15/h5-11,14H,4,12-13H2,1-3H3,(H,21,23)/t14-/m1/s1. The van der Waals surface area contributed by atoms with Crippen LogP contribution in [0.1, 0.15) is 25.5 Å². The number of rotatable bonds is 8. The summed E-state index contributed by atoms with van der Waals surface area (Å²) in [5.74, 6) is 1.16. The van der Waals surface area contributed by atoms with E-state index in [1.807, 2.05) is 19.1 Å². The first-order valence-electron chi connectivity index (χ1n) is 9.17. The maximum atomic E-state index is 12.6. The topological polar surface area (TPSA) is 94.2 Å². The number of nitrogens with zero attached hydrogens (tertiary/aromatic N) is 1. The monoisotopic (exact) mass is 420 g/mol. The third-order valence-corrected chi connectivity index (χ3v) is 6.37. The molecule has 0 unspecified atom stereocenters. The number of fused-ring (bicyclic) bond motifs is 1. The number of sulfonamides is 1. The Morgan fingerprint density at radius 3 is 2.52 bits per heavy atom. The third kappa shape index (κ3) is 4.73. The summed E-state index contributed by atoms with van der Waals surface area (Å²) < 4.78 is 42.1. The molecule has 3 rings (SSSR count). The molecule has 0 fully saturated rings. The van der Waals surface area contributed by atoms with Gasteiger partial charge in [0.05, 0.1) is 24.6 Å². The van der Waals surface area contributed by atoms with Crippen molar-refractivity contribution in [2.45, 2.75) is 19.9 Å². The minimum Gasteiger partial charge on any atom is -0.497 e. The zero-order valence-electron chi connectivity index (χ0n) is 16.5. The van der Waals surface area contributed by atoms with Crippen LogP contribution in [0.3, 0.4) is 0 Å². The fourth-order valence-corrected chi connectivity index (χ4v) is 4.00. The van der Waals surface area contributed by atoms with Crippen molar-refractivity contribution in [2.24, 2.45) is 0 Å². The van der Waals surface area contributed by atoms with Gasteiger partial charge >= 0.3 is 0 Å². The van der Waals surface area contributed by atoms with Crippen LogP contribution >= 0.6 is 0 Å². The molecule has 1 aliphatic rings. The van der Waals surface area contributed by atoms with Crippen LogP contribution in [-0.4, -0.2) is 40.5 Å². The minimum atomic E-state index is -3.68. The highest BCUT2D eigenvalue weighted by Crippen LogP contribution is 2.36. The molecule has 0 bridgehead atoms. The van der Waals surface area contributed by atoms with Gasteiger partial charge in [0.15, 0.2) is 11.5 Å². The number of methoxy groups -OCH3 is 1. The molecule has 0 aliphatic carbocycles. The molecule has 29 heavy (non-hydrogen) atoms. The van der Waals surface area contributed by atoms with Crippen LogP contribution in [-0.2, 0) is 14.8 Å². The number of nitrogens with one attached hydrogen (secondary N) is 1. The molecule has 0 spiro atoms. The van der Waals surface area contributed by atoms with Gasteiger partial charge in [0.1, 0.15) is 12.3 Å². The van der Waals surface area contributed by atoms with Gasteiger partial charge < -0.3 is 19.5 Å². The Bertz CT molecular complexity index is 975. The summed E-state index contributed by atoms with van der Waals surface area (Å²) in [4.78, 5) is 12.6. The number of anilines is 1. The number of hydrogen-bond acceptors (Lipinski definition) is 6. The SMILES string of the molecule is CCS(=O)(=O)N(CC(=O)N[C@H](C)c1ccc(OC)cc1)c1ccc2c(c1)OCO2. The molecule has 8 nitrogen and oxygen atoms in total. The van der Waals surface area contributed by atoms with Crippen molar-refractivity contribution in [3.8, 4) is 17.2 Å². The van der Waals surface area contributed by atoms with Crippen molar-refractivity contribution in [2.75, 3.05) is 30.5 Å². The van der Waals surface area contributed by atoms with E-state index in [2.05, 4.69) is 5.32 Å². The number of benzene rings is 2. The van der Waals surface area contributed by atoms with Crippen LogP contribution in [0.25, 0.3) is 0 Å². The number of hydrogen-bond donors (Lipinski definition) is 1. The second-order valence-electron chi connectivity index (χ2n) is 6.51. The van der Waals surface area contributed by atoms with Gasteiger partial charge in [-0.15, -0.1) is 0 Å². The molecule has 1 atom stereocenters. The molecule has 9 heteroatoms. The predicted octanol–water partition coefficient (Wildman–Crippen LogP) is 2.46. The number of carbonyl (C=O) groups excluding carboxylic acids is 1. The second-order valence-corrected chi connectivity index (χ2v) is 8.69. The molecular weight excluding hydrogens is 396 g/mol. The number of carbonyl (C=O) groups is 1. The van der Waals surface area contributed by atoms with Crippen molar-refractivity contribution >= 4 is 21.6 Å². The zero-order valence-corrected chi connectivity index (χ0v) is 17.4. The largest absolute Gasteiger partial charge is 0.497 e. The minimum absolute atomic E-state index is 0.0825. The van der Waals surface area contributed by atoms with Crippen molar-refractivity contribution in [3.05, 3.63) is 48.0 Å². The van der Waals surface area contributed by atoms with Gasteiger partial charge in [0.2, 0.25) is 22.7 Å². The van der Waals surface area contributed by atoms with E-state index in [1.54, 1.807) is 37.4 Å². The third-order valence-electron chi connectivity index (χ3n) is 4.63. The van der Waals surface area contributed by atoms with Crippen LogP contribution in [0.15, 0.2) is 42.5 Å². The fraction of sp³-hybridized carbons (Fsp3) is 0.350. The van der Waals surface area contributed by atoms with E-state index in [0.717, 1.165) is 15.6 Å². The van der Waals surface area contributed by atoms with Gasteiger partial charge in [-0.1, -0.05) is 12.1 Å². The lowest BCUT2D eigenvalue weighted by Crippen LogP contribution is -2.42. The second kappa shape index (κ2) is 8.60. The average molecular weight is 420 g/mol. The van der Waals surface area contributed by atoms with E-state index < -0.39 is 15.9 Å². The lowest BCUT2D eigenvalue weighted by atomic mass is 10.1. The highest BCUT2D eigenvalue weighted by atomic mass is 32.2. The highest BCUT2D eigenvalue weighted by molar-refractivity contribution is 7.92. The summed E-state index contributed by atoms with van der Waals surface area (Å²) >= 11 is 0. The molecule has 1 amide bonds. The number of ether oxygens (including phenoxy) is 3. The summed E-state index contributed by atoms with van der Waals surface area (Å²) in [7, 11) is -2.09. The van der Waals surface area contributed by atoms with Crippen LogP contribution < -0.4 is 23.8 Å². The fourth-order valence-electron chi connectivity index (χ4n) is 2.94. The summed E-state index contributed by atoms with van der Waals surface area (Å²) in [5, 5.41) is 2.84. The Morgan fingerprint density at radius 1 is 1.17 bits per heavy atom. The molecule has 1 aliphatic heterocycles. The van der Waals surface area contributed by atoms with Crippen LogP contribution in [0.4, 0.5) is 5.69 Å². The Balaban J connectivity index is 1.76. The van der Waals surface area contributed by atoms with E-state index in [-0.39, 0.29) is 25.1 Å². The molecule has 0 aromatic heterocycles. The Hall–Kier alpha value is -2.94. The van der Waals surface area contributed by atoms with E-state index in [1.165, 1.54) is 6.92 Å². The van der Waals surface area contributed by atoms with E-state index >= 15 is 0 Å². The first kappa shape index (κ1) is 20.8. The molecule has 0 saturated heterocycles. The molecule has 2 aromatic rings. The first-order valence-corrected chi connectivity index (χ1v) is 10.8. The van der Waals surface area contributed by atoms with E-state index in [9.17, 15) is 13.2 Å². The van der Waals surface area contributed by atoms with E-state index in [4.69, 9.17) is 14.2 Å². The number of amides is 1. The highest BCUT2D eigenvalue weighted by Gasteiger charge is 2.26. The molecule has 2 aromatic carbocycles. The first-order chi connectivity index (χ1) is 13.8. The van der Waals surface area contributed by atoms with Gasteiger partial charge in [-0.3, -0.25) is 9.10 Å². The predicted molar refractivity (Wildman–Crippen MR) is 109 cm³/mol. The van der Waals surface area contributed by atoms with Gasteiger partial charge in [-0.05, 0) is 43.7 Å². The Morgan fingerprint density at radius 2 is 1.86 bits per heavy atom. The van der Waals surface area contributed by atoms with Crippen molar-refractivity contribution in [3.63, 3.8) is 0 Å². The maximum absolute atomic E-state index is 12.6. The summed E-state index contributed by atoms with van der Waals surface area (Å²) in [6.45, 7) is 3.11. The van der Waals surface area contributed by atoms with Crippen LogP contribution in [0.5, 0.6) is 17.2 Å². The van der Waals surface area contributed by atoms with Gasteiger partial charge in [0, 0.05) is 6.07 Å². The average Bonchev–Trinajstić information content (AvgIpc) is 3.19. The molecule has 1 N–H and O–H groups in total. The lowest BCUT2D eigenvalue weighted by molar-refractivity contribution is -0.120. The Labute approximate surface area is 170 Å². The molecular formula is C20H24N2O6S. The molecule has 0 saturated carbocycles. The molecule has 156 valence electrons. The zero-order chi connectivity index (χ0) is 21.0. The normalized spacial score (nSPS) is 13.6. The van der Waals surface area contributed by atoms with Crippen molar-refractivity contribution in [1.29, 1.82) is 0 Å². The van der Waals surface area contributed by atoms with E-state index in [0.29, 0.717) is 17.2 Å². The summed E-state index contributed by atoms with van der Waals surface area (Å²) in [6.07, 6.45) is 0. The van der Waals surface area contributed by atoms with Gasteiger partial charge in [-0.2, -0.15) is 0 Å². The lowest BCUT2D eigenvalue weighted by Gasteiger charge is -2.24. The van der Waals surface area contributed by atoms with Gasteiger partial charge in [0.25, 0.3) is 0 Å². The molecule has 0 radical (unpaired) electrons.